The highest BCUT2D eigenvalue weighted by Gasteiger charge is 2.24. The summed E-state index contributed by atoms with van der Waals surface area (Å²) in [5, 5.41) is 3.48. The van der Waals surface area contributed by atoms with Crippen LogP contribution in [0.25, 0.3) is 10.9 Å². The van der Waals surface area contributed by atoms with Gasteiger partial charge >= 0.3 is 0 Å². The summed E-state index contributed by atoms with van der Waals surface area (Å²) in [6, 6.07) is 12.3. The van der Waals surface area contributed by atoms with E-state index in [1.54, 1.807) is 19.4 Å². The molecule has 4 rings (SSSR count). The third-order valence-electron chi connectivity index (χ3n) is 5.24. The summed E-state index contributed by atoms with van der Waals surface area (Å²) >= 11 is 0. The lowest BCUT2D eigenvalue weighted by molar-refractivity contribution is -0.122. The summed E-state index contributed by atoms with van der Waals surface area (Å²) in [4.78, 5) is 34.6. The summed E-state index contributed by atoms with van der Waals surface area (Å²) in [5.41, 5.74) is 2.07. The Kier molecular flexibility index (Phi) is 5.53. The lowest BCUT2D eigenvalue weighted by Crippen LogP contribution is -2.36. The number of fused-ring (bicyclic) bond motifs is 1. The molecule has 0 saturated carbocycles. The van der Waals surface area contributed by atoms with Crippen molar-refractivity contribution < 1.29 is 9.53 Å². The second-order valence-electron chi connectivity index (χ2n) is 7.29. The fourth-order valence-electron chi connectivity index (χ4n) is 3.65. The number of methoxy groups -OCH3 is 1. The van der Waals surface area contributed by atoms with Gasteiger partial charge in [-0.3, -0.25) is 14.2 Å². The van der Waals surface area contributed by atoms with E-state index in [0.717, 1.165) is 11.1 Å². The van der Waals surface area contributed by atoms with Gasteiger partial charge < -0.3 is 14.6 Å². The maximum absolute atomic E-state index is 13.0. The van der Waals surface area contributed by atoms with Crippen molar-refractivity contribution in [1.29, 1.82) is 0 Å². The van der Waals surface area contributed by atoms with Crippen molar-refractivity contribution in [3.05, 3.63) is 88.5 Å². The van der Waals surface area contributed by atoms with E-state index in [-0.39, 0.29) is 18.0 Å². The predicted molar refractivity (Wildman–Crippen MR) is 117 cm³/mol. The third kappa shape index (κ3) is 3.92. The summed E-state index contributed by atoms with van der Waals surface area (Å²) in [7, 11) is 3.44. The first-order valence-electron chi connectivity index (χ1n) is 9.84. The average molecular weight is 417 g/mol. The highest BCUT2D eigenvalue weighted by atomic mass is 16.5. The first-order valence-corrected chi connectivity index (χ1v) is 9.84. The van der Waals surface area contributed by atoms with Crippen LogP contribution in [-0.2, 0) is 18.4 Å². The smallest absolute Gasteiger partial charge is 0.261 e. The Morgan fingerprint density at radius 2 is 1.97 bits per heavy atom. The van der Waals surface area contributed by atoms with Crippen LogP contribution < -0.4 is 15.6 Å². The molecule has 0 aliphatic carbocycles. The molecule has 0 aliphatic heterocycles. The maximum Gasteiger partial charge on any atom is 0.261 e. The van der Waals surface area contributed by atoms with E-state index < -0.39 is 6.04 Å². The second-order valence-corrected chi connectivity index (χ2v) is 7.29. The van der Waals surface area contributed by atoms with Gasteiger partial charge in [-0.1, -0.05) is 30.3 Å². The summed E-state index contributed by atoms with van der Waals surface area (Å²) in [6.45, 7) is 1.74. The van der Waals surface area contributed by atoms with Crippen LogP contribution in [-0.4, -0.2) is 32.1 Å². The Balaban J connectivity index is 1.66. The van der Waals surface area contributed by atoms with Crippen LogP contribution in [0.2, 0.25) is 0 Å². The number of imidazole rings is 1. The van der Waals surface area contributed by atoms with Gasteiger partial charge in [-0.05, 0) is 24.6 Å². The Bertz CT molecular complexity index is 1310. The molecule has 1 atom stereocenters. The predicted octanol–water partition coefficient (Wildman–Crippen LogP) is 2.35. The van der Waals surface area contributed by atoms with Crippen molar-refractivity contribution in [3.8, 4) is 5.75 Å². The standard InChI is InChI=1S/C23H23N5O3/c1-15-7-6-9-17-20(15)25-14-28(23(17)30)13-19(29)26-21(22-24-11-12-27(22)2)16-8-4-5-10-18(16)31-3/h4-12,14,21H,13H2,1-3H3,(H,26,29). The molecule has 31 heavy (non-hydrogen) atoms. The zero-order chi connectivity index (χ0) is 22.0. The van der Waals surface area contributed by atoms with Gasteiger partial charge in [0, 0.05) is 25.0 Å². The van der Waals surface area contributed by atoms with Crippen molar-refractivity contribution in [2.75, 3.05) is 7.11 Å². The number of benzene rings is 2. The molecule has 8 heteroatoms. The Labute approximate surface area is 179 Å². The molecule has 2 aromatic carbocycles. The van der Waals surface area contributed by atoms with Gasteiger partial charge in [0.05, 0.1) is 24.3 Å². The van der Waals surface area contributed by atoms with Crippen molar-refractivity contribution in [1.82, 2.24) is 24.4 Å². The quantitative estimate of drug-likeness (QED) is 0.520. The normalized spacial score (nSPS) is 12.0. The van der Waals surface area contributed by atoms with Gasteiger partial charge in [0.1, 0.15) is 24.2 Å². The SMILES string of the molecule is COc1ccccc1C(NC(=O)Cn1cnc2c(C)cccc2c1=O)c1nccn1C. The lowest BCUT2D eigenvalue weighted by Gasteiger charge is -2.21. The van der Waals surface area contributed by atoms with Gasteiger partial charge in [0.25, 0.3) is 5.56 Å². The monoisotopic (exact) mass is 417 g/mol. The fourth-order valence-corrected chi connectivity index (χ4v) is 3.65. The number of carbonyl (C=O) groups excluding carboxylic acids is 1. The molecule has 4 aromatic rings. The minimum atomic E-state index is -0.546. The number of aromatic nitrogens is 4. The molecule has 158 valence electrons. The Morgan fingerprint density at radius 1 is 1.16 bits per heavy atom. The maximum atomic E-state index is 13.0. The molecule has 0 radical (unpaired) electrons. The van der Waals surface area contributed by atoms with E-state index in [2.05, 4.69) is 15.3 Å². The van der Waals surface area contributed by atoms with Gasteiger partial charge in [-0.25, -0.2) is 9.97 Å². The van der Waals surface area contributed by atoms with E-state index in [9.17, 15) is 9.59 Å². The number of nitrogens with one attached hydrogen (secondary N) is 1. The Hall–Kier alpha value is -3.94. The molecule has 0 aliphatic rings. The van der Waals surface area contributed by atoms with Crippen LogP contribution in [0.15, 0.2) is 66.0 Å². The van der Waals surface area contributed by atoms with Gasteiger partial charge in [-0.15, -0.1) is 0 Å². The van der Waals surface area contributed by atoms with E-state index in [4.69, 9.17) is 4.74 Å². The number of para-hydroxylation sites is 2. The van der Waals surface area contributed by atoms with Gasteiger partial charge in [0.15, 0.2) is 0 Å². The van der Waals surface area contributed by atoms with Crippen LogP contribution >= 0.6 is 0 Å². The highest BCUT2D eigenvalue weighted by Crippen LogP contribution is 2.29. The molecule has 1 N–H and O–H groups in total. The lowest BCUT2D eigenvalue weighted by atomic mass is 10.0. The third-order valence-corrected chi connectivity index (χ3v) is 5.24. The fraction of sp³-hybridized carbons (Fsp3) is 0.217. The number of ether oxygens (including phenoxy) is 1. The average Bonchev–Trinajstić information content (AvgIpc) is 3.20. The number of amides is 1. The van der Waals surface area contributed by atoms with Crippen molar-refractivity contribution >= 4 is 16.8 Å². The van der Waals surface area contributed by atoms with Crippen molar-refractivity contribution in [2.45, 2.75) is 19.5 Å². The molecule has 2 heterocycles. The molecule has 2 aromatic heterocycles. The molecule has 0 spiro atoms. The number of carbonyl (C=O) groups is 1. The zero-order valence-corrected chi connectivity index (χ0v) is 17.6. The molecule has 0 fully saturated rings. The van der Waals surface area contributed by atoms with E-state index in [1.165, 1.54) is 10.9 Å². The van der Waals surface area contributed by atoms with Crippen molar-refractivity contribution in [2.24, 2.45) is 7.05 Å². The first kappa shape index (κ1) is 20.3. The summed E-state index contributed by atoms with van der Waals surface area (Å²) < 4.78 is 8.64. The second kappa shape index (κ2) is 8.43. The molecular weight excluding hydrogens is 394 g/mol. The van der Waals surface area contributed by atoms with Crippen LogP contribution in [0, 0.1) is 6.92 Å². The van der Waals surface area contributed by atoms with Gasteiger partial charge in [0.2, 0.25) is 5.91 Å². The molecule has 1 amide bonds. The largest absolute Gasteiger partial charge is 0.496 e. The number of hydrogen-bond acceptors (Lipinski definition) is 5. The van der Waals surface area contributed by atoms with Crippen LogP contribution in [0.3, 0.4) is 0 Å². The molecular formula is C23H23N5O3. The van der Waals surface area contributed by atoms with Crippen LogP contribution in [0.1, 0.15) is 23.0 Å². The van der Waals surface area contributed by atoms with E-state index >= 15 is 0 Å². The van der Waals surface area contributed by atoms with E-state index in [0.29, 0.717) is 22.5 Å². The van der Waals surface area contributed by atoms with Gasteiger partial charge in [-0.2, -0.15) is 0 Å². The summed E-state index contributed by atoms with van der Waals surface area (Å²) in [5.74, 6) is 0.947. The topological polar surface area (TPSA) is 91.0 Å². The van der Waals surface area contributed by atoms with Crippen LogP contribution in [0.5, 0.6) is 5.75 Å². The van der Waals surface area contributed by atoms with Crippen molar-refractivity contribution in [3.63, 3.8) is 0 Å². The first-order chi connectivity index (χ1) is 15.0. The summed E-state index contributed by atoms with van der Waals surface area (Å²) in [6.07, 6.45) is 4.89. The zero-order valence-electron chi connectivity index (χ0n) is 17.6. The number of hydrogen-bond donors (Lipinski definition) is 1. The minimum Gasteiger partial charge on any atom is -0.496 e. The minimum absolute atomic E-state index is 0.161. The molecule has 0 bridgehead atoms. The van der Waals surface area contributed by atoms with Crippen LogP contribution in [0.4, 0.5) is 0 Å². The molecule has 8 nitrogen and oxygen atoms in total. The Morgan fingerprint density at radius 3 is 2.71 bits per heavy atom. The molecule has 0 saturated heterocycles. The number of aryl methyl sites for hydroxylation is 2. The number of rotatable bonds is 6. The van der Waals surface area contributed by atoms with E-state index in [1.807, 2.05) is 61.1 Å². The highest BCUT2D eigenvalue weighted by molar-refractivity contribution is 5.81. The molecule has 1 unspecified atom stereocenters. The number of nitrogens with zero attached hydrogens (tertiary/aromatic N) is 4.